The van der Waals surface area contributed by atoms with Gasteiger partial charge in [0, 0.05) is 6.42 Å². The van der Waals surface area contributed by atoms with Gasteiger partial charge in [0.2, 0.25) is 0 Å². The number of hydrogen-bond acceptors (Lipinski definition) is 4. The van der Waals surface area contributed by atoms with E-state index in [1.54, 1.807) is 30.6 Å². The molecule has 1 aliphatic rings. The third kappa shape index (κ3) is 2.65. The molecule has 3 heterocycles. The van der Waals surface area contributed by atoms with E-state index in [-0.39, 0.29) is 11.8 Å². The number of rotatable bonds is 3. The number of para-hydroxylation sites is 2. The summed E-state index contributed by atoms with van der Waals surface area (Å²) in [6.45, 7) is 0. The highest BCUT2D eigenvalue weighted by Gasteiger charge is 2.36. The van der Waals surface area contributed by atoms with Gasteiger partial charge in [0.1, 0.15) is 0 Å². The third-order valence-corrected chi connectivity index (χ3v) is 5.69. The van der Waals surface area contributed by atoms with Crippen molar-refractivity contribution in [2.45, 2.75) is 6.42 Å². The lowest BCUT2D eigenvalue weighted by Crippen LogP contribution is -2.29. The summed E-state index contributed by atoms with van der Waals surface area (Å²) in [5.41, 5.74) is 6.29. The van der Waals surface area contributed by atoms with Crippen molar-refractivity contribution >= 4 is 34.1 Å². The summed E-state index contributed by atoms with van der Waals surface area (Å²) in [7, 11) is 0. The van der Waals surface area contributed by atoms with Crippen LogP contribution in [0.25, 0.3) is 16.6 Å². The summed E-state index contributed by atoms with van der Waals surface area (Å²) in [6.07, 6.45) is 4.23. The normalized spacial score (nSPS) is 13.4. The molecule has 0 radical (unpaired) electrons. The number of benzene rings is 3. The first-order chi connectivity index (χ1) is 15.2. The van der Waals surface area contributed by atoms with E-state index in [9.17, 15) is 9.59 Å². The van der Waals surface area contributed by atoms with E-state index in [1.165, 1.54) is 4.90 Å². The zero-order chi connectivity index (χ0) is 20.9. The number of aromatic nitrogens is 3. The van der Waals surface area contributed by atoms with E-state index < -0.39 is 0 Å². The van der Waals surface area contributed by atoms with Crippen LogP contribution >= 0.6 is 0 Å². The van der Waals surface area contributed by atoms with Crippen molar-refractivity contribution in [1.82, 2.24) is 14.4 Å². The SMILES string of the molecule is O=C1c2ccccc2C(=O)N1c1ccc(Cc2nc3ccccc3n3cncc23)cc1. The molecule has 0 atom stereocenters. The molecule has 0 N–H and O–H groups in total. The van der Waals surface area contributed by atoms with Crippen LogP contribution in [0.5, 0.6) is 0 Å². The maximum atomic E-state index is 12.7. The van der Waals surface area contributed by atoms with Gasteiger partial charge in [0.05, 0.1) is 51.6 Å². The molecule has 6 rings (SSSR count). The number of carbonyl (C=O) groups excluding carboxylic acids is 2. The van der Waals surface area contributed by atoms with Gasteiger partial charge in [-0.2, -0.15) is 0 Å². The predicted molar refractivity (Wildman–Crippen MR) is 117 cm³/mol. The summed E-state index contributed by atoms with van der Waals surface area (Å²) < 4.78 is 2.05. The van der Waals surface area contributed by atoms with Crippen LogP contribution in [0.3, 0.4) is 0 Å². The lowest BCUT2D eigenvalue weighted by atomic mass is 10.1. The van der Waals surface area contributed by atoms with E-state index in [2.05, 4.69) is 4.98 Å². The zero-order valence-corrected chi connectivity index (χ0v) is 16.4. The number of imidazole rings is 1. The number of amides is 2. The molecule has 0 saturated heterocycles. The van der Waals surface area contributed by atoms with Crippen molar-refractivity contribution in [3.63, 3.8) is 0 Å². The largest absolute Gasteiger partial charge is 0.295 e. The Morgan fingerprint density at radius 2 is 1.42 bits per heavy atom. The van der Waals surface area contributed by atoms with Crippen LogP contribution < -0.4 is 4.90 Å². The van der Waals surface area contributed by atoms with Crippen molar-refractivity contribution in [1.29, 1.82) is 0 Å². The van der Waals surface area contributed by atoms with E-state index >= 15 is 0 Å². The molecular formula is C25H16N4O2. The summed E-state index contributed by atoms with van der Waals surface area (Å²) in [4.78, 5) is 35.8. The fourth-order valence-electron chi connectivity index (χ4n) is 4.18. The number of carbonyl (C=O) groups is 2. The first kappa shape index (κ1) is 17.5. The molecule has 0 bridgehead atoms. The molecule has 0 saturated carbocycles. The van der Waals surface area contributed by atoms with Crippen LogP contribution in [-0.2, 0) is 6.42 Å². The zero-order valence-electron chi connectivity index (χ0n) is 16.4. The summed E-state index contributed by atoms with van der Waals surface area (Å²) >= 11 is 0. The second-order valence-electron chi connectivity index (χ2n) is 7.53. The third-order valence-electron chi connectivity index (χ3n) is 5.69. The Morgan fingerprint density at radius 3 is 2.16 bits per heavy atom. The van der Waals surface area contributed by atoms with Crippen LogP contribution in [0.4, 0.5) is 5.69 Å². The molecule has 0 unspecified atom stereocenters. The van der Waals surface area contributed by atoms with Crippen LogP contribution in [0.1, 0.15) is 32.0 Å². The summed E-state index contributed by atoms with van der Waals surface area (Å²) in [5.74, 6) is -0.573. The minimum Gasteiger partial charge on any atom is -0.295 e. The molecule has 31 heavy (non-hydrogen) atoms. The predicted octanol–water partition coefficient (Wildman–Crippen LogP) is 4.27. The molecule has 0 spiro atoms. The van der Waals surface area contributed by atoms with Gasteiger partial charge < -0.3 is 0 Å². The number of fused-ring (bicyclic) bond motifs is 4. The molecule has 5 aromatic rings. The highest BCUT2D eigenvalue weighted by Crippen LogP contribution is 2.29. The van der Waals surface area contributed by atoms with Gasteiger partial charge in [-0.25, -0.2) is 14.9 Å². The average Bonchev–Trinajstić information content (AvgIpc) is 3.39. The quantitative estimate of drug-likeness (QED) is 0.421. The Morgan fingerprint density at radius 1 is 0.742 bits per heavy atom. The van der Waals surface area contributed by atoms with Gasteiger partial charge in [-0.15, -0.1) is 0 Å². The van der Waals surface area contributed by atoms with Crippen molar-refractivity contribution in [2.75, 3.05) is 4.90 Å². The van der Waals surface area contributed by atoms with Gasteiger partial charge in [-0.1, -0.05) is 36.4 Å². The van der Waals surface area contributed by atoms with E-state index in [1.807, 2.05) is 59.1 Å². The first-order valence-corrected chi connectivity index (χ1v) is 9.97. The topological polar surface area (TPSA) is 67.6 Å². The molecule has 3 aromatic carbocycles. The van der Waals surface area contributed by atoms with Gasteiger partial charge >= 0.3 is 0 Å². The Labute approximate surface area is 177 Å². The highest BCUT2D eigenvalue weighted by molar-refractivity contribution is 6.34. The monoisotopic (exact) mass is 404 g/mol. The fraction of sp³-hybridized carbons (Fsp3) is 0.0400. The Balaban J connectivity index is 1.34. The number of imide groups is 1. The molecular weight excluding hydrogens is 388 g/mol. The number of anilines is 1. The van der Waals surface area contributed by atoms with Gasteiger partial charge in [-0.3, -0.25) is 14.0 Å². The highest BCUT2D eigenvalue weighted by atomic mass is 16.2. The minimum atomic E-state index is -0.287. The molecule has 1 aliphatic heterocycles. The standard InChI is InChI=1S/C25H16N4O2/c30-24-18-5-1-2-6-19(18)25(31)29(24)17-11-9-16(10-12-17)13-21-23-14-26-15-28(23)22-8-4-3-7-20(22)27-21/h1-12,14-15H,13H2. The Hall–Kier alpha value is -4.32. The van der Waals surface area contributed by atoms with Crippen LogP contribution in [0.15, 0.2) is 85.3 Å². The molecule has 148 valence electrons. The molecule has 0 fully saturated rings. The second-order valence-corrected chi connectivity index (χ2v) is 7.53. The van der Waals surface area contributed by atoms with Crippen LogP contribution in [-0.4, -0.2) is 26.2 Å². The molecule has 2 amide bonds. The first-order valence-electron chi connectivity index (χ1n) is 9.97. The van der Waals surface area contributed by atoms with Gasteiger partial charge in [0.15, 0.2) is 0 Å². The second kappa shape index (κ2) is 6.60. The maximum absolute atomic E-state index is 12.7. The van der Waals surface area contributed by atoms with Crippen molar-refractivity contribution in [3.8, 4) is 0 Å². The average molecular weight is 404 g/mol. The van der Waals surface area contributed by atoms with Crippen molar-refractivity contribution in [2.24, 2.45) is 0 Å². The van der Waals surface area contributed by atoms with E-state index in [0.717, 1.165) is 27.8 Å². The van der Waals surface area contributed by atoms with E-state index in [4.69, 9.17) is 4.98 Å². The molecule has 0 aliphatic carbocycles. The Kier molecular flexibility index (Phi) is 3.73. The van der Waals surface area contributed by atoms with Gasteiger partial charge in [-0.05, 0) is 42.0 Å². The summed E-state index contributed by atoms with van der Waals surface area (Å²) in [6, 6.07) is 22.4. The molecule has 6 heteroatoms. The lowest BCUT2D eigenvalue weighted by molar-refractivity contribution is 0.0926. The minimum absolute atomic E-state index is 0.287. The smallest absolute Gasteiger partial charge is 0.266 e. The molecule has 6 nitrogen and oxygen atoms in total. The Bertz CT molecular complexity index is 1470. The van der Waals surface area contributed by atoms with Gasteiger partial charge in [0.25, 0.3) is 11.8 Å². The summed E-state index contributed by atoms with van der Waals surface area (Å²) in [5, 5.41) is 0. The van der Waals surface area contributed by atoms with E-state index in [0.29, 0.717) is 23.2 Å². The van der Waals surface area contributed by atoms with Crippen LogP contribution in [0.2, 0.25) is 0 Å². The number of nitrogens with zero attached hydrogens (tertiary/aromatic N) is 4. The van der Waals surface area contributed by atoms with Crippen molar-refractivity contribution < 1.29 is 9.59 Å². The maximum Gasteiger partial charge on any atom is 0.266 e. The fourth-order valence-corrected chi connectivity index (χ4v) is 4.18. The van der Waals surface area contributed by atoms with Crippen molar-refractivity contribution in [3.05, 3.63) is 108 Å². The lowest BCUT2D eigenvalue weighted by Gasteiger charge is -2.14. The number of hydrogen-bond donors (Lipinski definition) is 0. The molecule has 2 aromatic heterocycles. The van der Waals surface area contributed by atoms with Crippen LogP contribution in [0, 0.1) is 0 Å².